The quantitative estimate of drug-likeness (QED) is 0.376. The Kier molecular flexibility index (Phi) is 11.8. The first-order valence-corrected chi connectivity index (χ1v) is 7.09. The molecule has 1 atom stereocenters. The fourth-order valence-corrected chi connectivity index (χ4v) is 1.27. The van der Waals surface area contributed by atoms with Gasteiger partial charge in [0.05, 0.1) is 0 Å². The van der Waals surface area contributed by atoms with Crippen molar-refractivity contribution >= 4 is 5.91 Å². The molecule has 1 unspecified atom stereocenters. The SMILES string of the molecule is C/C=C/C=C\CC/C=C/C=C/C(=O)NCC(C)CC. The molecule has 0 saturated carbocycles. The predicted molar refractivity (Wildman–Crippen MR) is 83.9 cm³/mol. The van der Waals surface area contributed by atoms with Gasteiger partial charge < -0.3 is 5.32 Å². The van der Waals surface area contributed by atoms with Crippen LogP contribution in [0.1, 0.15) is 40.0 Å². The van der Waals surface area contributed by atoms with Crippen molar-refractivity contribution in [3.8, 4) is 0 Å². The first kappa shape index (κ1) is 17.4. The number of carbonyl (C=O) groups excluding carboxylic acids is 1. The summed E-state index contributed by atoms with van der Waals surface area (Å²) in [5.41, 5.74) is 0. The van der Waals surface area contributed by atoms with Crippen LogP contribution in [-0.2, 0) is 4.79 Å². The molecule has 0 aromatic heterocycles. The Morgan fingerprint density at radius 1 is 1.11 bits per heavy atom. The van der Waals surface area contributed by atoms with Crippen molar-refractivity contribution in [2.75, 3.05) is 6.54 Å². The maximum absolute atomic E-state index is 11.4. The lowest BCUT2D eigenvalue weighted by atomic mass is 10.1. The molecule has 0 aliphatic heterocycles. The van der Waals surface area contributed by atoms with E-state index in [-0.39, 0.29) is 5.91 Å². The zero-order valence-electron chi connectivity index (χ0n) is 12.4. The van der Waals surface area contributed by atoms with Crippen LogP contribution in [0.3, 0.4) is 0 Å². The van der Waals surface area contributed by atoms with Crippen LogP contribution in [0.4, 0.5) is 0 Å². The zero-order valence-corrected chi connectivity index (χ0v) is 12.4. The Labute approximate surface area is 118 Å². The van der Waals surface area contributed by atoms with Crippen LogP contribution in [0.25, 0.3) is 0 Å². The van der Waals surface area contributed by atoms with E-state index in [4.69, 9.17) is 0 Å². The molecule has 106 valence electrons. The van der Waals surface area contributed by atoms with E-state index >= 15 is 0 Å². The third-order valence-corrected chi connectivity index (χ3v) is 2.76. The normalized spacial score (nSPS) is 14.1. The summed E-state index contributed by atoms with van der Waals surface area (Å²) < 4.78 is 0. The van der Waals surface area contributed by atoms with Gasteiger partial charge in [-0.15, -0.1) is 0 Å². The molecule has 0 radical (unpaired) electrons. The van der Waals surface area contributed by atoms with Gasteiger partial charge in [-0.25, -0.2) is 0 Å². The van der Waals surface area contributed by atoms with Crippen molar-refractivity contribution in [2.24, 2.45) is 5.92 Å². The minimum absolute atomic E-state index is 0.0158. The van der Waals surface area contributed by atoms with E-state index in [9.17, 15) is 4.79 Å². The third-order valence-electron chi connectivity index (χ3n) is 2.76. The van der Waals surface area contributed by atoms with Crippen molar-refractivity contribution in [3.05, 3.63) is 48.6 Å². The minimum atomic E-state index is -0.0158. The summed E-state index contributed by atoms with van der Waals surface area (Å²) in [4.78, 5) is 11.4. The van der Waals surface area contributed by atoms with Gasteiger partial charge in [-0.1, -0.05) is 62.8 Å². The molecule has 0 aliphatic rings. The molecular weight excluding hydrogens is 234 g/mol. The number of rotatable bonds is 9. The summed E-state index contributed by atoms with van der Waals surface area (Å²) >= 11 is 0. The summed E-state index contributed by atoms with van der Waals surface area (Å²) in [6, 6.07) is 0. The lowest BCUT2D eigenvalue weighted by Gasteiger charge is -2.07. The highest BCUT2D eigenvalue weighted by Gasteiger charge is 1.99. The molecule has 19 heavy (non-hydrogen) atoms. The molecular formula is C17H27NO. The first-order valence-electron chi connectivity index (χ1n) is 7.09. The van der Waals surface area contributed by atoms with Gasteiger partial charge in [0.2, 0.25) is 5.91 Å². The summed E-state index contributed by atoms with van der Waals surface area (Å²) in [6.45, 7) is 7.01. The lowest BCUT2D eigenvalue weighted by molar-refractivity contribution is -0.116. The van der Waals surface area contributed by atoms with Crippen LogP contribution >= 0.6 is 0 Å². The molecule has 2 nitrogen and oxygen atoms in total. The van der Waals surface area contributed by atoms with E-state index in [1.165, 1.54) is 0 Å². The molecule has 1 amide bonds. The Balaban J connectivity index is 3.68. The largest absolute Gasteiger partial charge is 0.352 e. The Morgan fingerprint density at radius 2 is 1.74 bits per heavy atom. The second kappa shape index (κ2) is 12.9. The van der Waals surface area contributed by atoms with Crippen LogP contribution < -0.4 is 5.32 Å². The van der Waals surface area contributed by atoms with Gasteiger partial charge in [0.15, 0.2) is 0 Å². The van der Waals surface area contributed by atoms with Crippen molar-refractivity contribution in [3.63, 3.8) is 0 Å². The van der Waals surface area contributed by atoms with Crippen molar-refractivity contribution in [2.45, 2.75) is 40.0 Å². The van der Waals surface area contributed by atoms with E-state index in [0.29, 0.717) is 5.92 Å². The standard InChI is InChI=1S/C17H27NO/c1-4-6-7-8-9-10-11-12-13-14-17(19)18-15-16(3)5-2/h4,6-8,11-14,16H,5,9-10,15H2,1-3H3,(H,18,19)/b6-4+,8-7-,12-11+,14-13+. The smallest absolute Gasteiger partial charge is 0.243 e. The summed E-state index contributed by atoms with van der Waals surface area (Å²) in [5.74, 6) is 0.523. The van der Waals surface area contributed by atoms with E-state index in [1.807, 2.05) is 31.2 Å². The molecule has 1 N–H and O–H groups in total. The molecule has 0 heterocycles. The monoisotopic (exact) mass is 261 g/mol. The molecule has 2 heteroatoms. The summed E-state index contributed by atoms with van der Waals surface area (Å²) in [7, 11) is 0. The van der Waals surface area contributed by atoms with Gasteiger partial charge in [0.1, 0.15) is 0 Å². The van der Waals surface area contributed by atoms with Gasteiger partial charge >= 0.3 is 0 Å². The molecule has 0 rings (SSSR count). The van der Waals surface area contributed by atoms with Gasteiger partial charge in [-0.2, -0.15) is 0 Å². The van der Waals surface area contributed by atoms with E-state index in [2.05, 4.69) is 31.3 Å². The van der Waals surface area contributed by atoms with Crippen LogP contribution in [0.5, 0.6) is 0 Å². The fourth-order valence-electron chi connectivity index (χ4n) is 1.27. The second-order valence-corrected chi connectivity index (χ2v) is 4.58. The Hall–Kier alpha value is -1.57. The first-order chi connectivity index (χ1) is 9.20. The third kappa shape index (κ3) is 12.7. The highest BCUT2D eigenvalue weighted by atomic mass is 16.1. The average molecular weight is 261 g/mol. The van der Waals surface area contributed by atoms with Crippen LogP contribution in [-0.4, -0.2) is 12.5 Å². The van der Waals surface area contributed by atoms with Gasteiger partial charge in [-0.3, -0.25) is 4.79 Å². The van der Waals surface area contributed by atoms with Crippen LogP contribution in [0.15, 0.2) is 48.6 Å². The van der Waals surface area contributed by atoms with Gasteiger partial charge in [0.25, 0.3) is 0 Å². The maximum atomic E-state index is 11.4. The molecule has 0 bridgehead atoms. The number of amides is 1. The molecule has 0 fully saturated rings. The van der Waals surface area contributed by atoms with E-state index < -0.39 is 0 Å². The topological polar surface area (TPSA) is 29.1 Å². The number of hydrogen-bond donors (Lipinski definition) is 1. The van der Waals surface area contributed by atoms with Crippen LogP contribution in [0, 0.1) is 5.92 Å². The van der Waals surface area contributed by atoms with E-state index in [0.717, 1.165) is 25.8 Å². The average Bonchev–Trinajstić information content (AvgIpc) is 2.42. The zero-order chi connectivity index (χ0) is 14.3. The minimum Gasteiger partial charge on any atom is -0.352 e. The van der Waals surface area contributed by atoms with E-state index in [1.54, 1.807) is 12.2 Å². The Bertz CT molecular complexity index is 337. The van der Waals surface area contributed by atoms with Crippen LogP contribution in [0.2, 0.25) is 0 Å². The second-order valence-electron chi connectivity index (χ2n) is 4.58. The molecule has 0 spiro atoms. The number of allylic oxidation sites excluding steroid dienone is 7. The summed E-state index contributed by atoms with van der Waals surface area (Å²) in [6.07, 6.45) is 18.7. The lowest BCUT2D eigenvalue weighted by Crippen LogP contribution is -2.26. The Morgan fingerprint density at radius 3 is 2.32 bits per heavy atom. The molecule has 0 aromatic rings. The maximum Gasteiger partial charge on any atom is 0.243 e. The van der Waals surface area contributed by atoms with Crippen molar-refractivity contribution < 1.29 is 4.79 Å². The number of nitrogens with one attached hydrogen (secondary N) is 1. The molecule has 0 aliphatic carbocycles. The fraction of sp³-hybridized carbons (Fsp3) is 0.471. The van der Waals surface area contributed by atoms with Gasteiger partial charge in [-0.05, 0) is 25.7 Å². The number of unbranched alkanes of at least 4 members (excludes halogenated alkanes) is 1. The predicted octanol–water partition coefficient (Wildman–Crippen LogP) is 4.17. The van der Waals surface area contributed by atoms with Gasteiger partial charge in [0, 0.05) is 12.6 Å². The van der Waals surface area contributed by atoms with Crippen molar-refractivity contribution in [1.29, 1.82) is 0 Å². The van der Waals surface area contributed by atoms with Crippen molar-refractivity contribution in [1.82, 2.24) is 5.32 Å². The molecule has 0 saturated heterocycles. The number of hydrogen-bond acceptors (Lipinski definition) is 1. The summed E-state index contributed by atoms with van der Waals surface area (Å²) in [5, 5.41) is 2.88. The molecule has 0 aromatic carbocycles. The highest BCUT2D eigenvalue weighted by molar-refractivity contribution is 5.87. The highest BCUT2D eigenvalue weighted by Crippen LogP contribution is 1.97. The number of carbonyl (C=O) groups is 1.